The standard InChI is InChI=1S/C19H15BrN2O5/c1-26-18-8-4-13(10-16(18)22(24)25)19(23)21-11-15-7-9-17(27-15)12-2-5-14(20)6-3-12/h2-10H,11H2,1H3,(H,21,23). The molecule has 1 aromatic heterocycles. The lowest BCUT2D eigenvalue weighted by Crippen LogP contribution is -2.22. The van der Waals surface area contributed by atoms with Crippen LogP contribution in [0.25, 0.3) is 11.3 Å². The minimum absolute atomic E-state index is 0.0988. The molecule has 1 N–H and O–H groups in total. The first-order chi connectivity index (χ1) is 13.0. The highest BCUT2D eigenvalue weighted by molar-refractivity contribution is 9.10. The Labute approximate surface area is 163 Å². The number of rotatable bonds is 6. The number of amides is 1. The van der Waals surface area contributed by atoms with Crippen molar-refractivity contribution in [3.05, 3.63) is 80.5 Å². The summed E-state index contributed by atoms with van der Waals surface area (Å²) in [5, 5.41) is 13.8. The van der Waals surface area contributed by atoms with E-state index in [1.165, 1.54) is 25.3 Å². The van der Waals surface area contributed by atoms with Crippen LogP contribution < -0.4 is 10.1 Å². The molecule has 0 aliphatic carbocycles. The lowest BCUT2D eigenvalue weighted by molar-refractivity contribution is -0.385. The molecule has 0 radical (unpaired) electrons. The molecule has 7 nitrogen and oxygen atoms in total. The second kappa shape index (κ2) is 8.05. The zero-order chi connectivity index (χ0) is 19.4. The Bertz CT molecular complexity index is 982. The van der Waals surface area contributed by atoms with Crippen molar-refractivity contribution >= 4 is 27.5 Å². The van der Waals surface area contributed by atoms with Gasteiger partial charge in [0.15, 0.2) is 5.75 Å². The van der Waals surface area contributed by atoms with Crippen molar-refractivity contribution in [3.63, 3.8) is 0 Å². The average Bonchev–Trinajstić information content (AvgIpc) is 3.15. The van der Waals surface area contributed by atoms with Crippen molar-refractivity contribution < 1.29 is 18.9 Å². The number of hydrogen-bond acceptors (Lipinski definition) is 5. The van der Waals surface area contributed by atoms with Crippen molar-refractivity contribution in [1.82, 2.24) is 5.32 Å². The van der Waals surface area contributed by atoms with Crippen LogP contribution in [0.2, 0.25) is 0 Å². The fourth-order valence-corrected chi connectivity index (χ4v) is 2.75. The molecular formula is C19H15BrN2O5. The van der Waals surface area contributed by atoms with E-state index in [1.807, 2.05) is 30.3 Å². The summed E-state index contributed by atoms with van der Waals surface area (Å²) in [7, 11) is 1.34. The van der Waals surface area contributed by atoms with Gasteiger partial charge in [0.2, 0.25) is 0 Å². The van der Waals surface area contributed by atoms with Crippen molar-refractivity contribution in [2.75, 3.05) is 7.11 Å². The number of nitro groups is 1. The second-order valence-corrected chi connectivity index (χ2v) is 6.51. The number of halogens is 1. The maximum Gasteiger partial charge on any atom is 0.311 e. The van der Waals surface area contributed by atoms with Gasteiger partial charge in [0.1, 0.15) is 11.5 Å². The average molecular weight is 431 g/mol. The first-order valence-electron chi connectivity index (χ1n) is 7.93. The Hall–Kier alpha value is -3.13. The molecular weight excluding hydrogens is 416 g/mol. The van der Waals surface area contributed by atoms with Crippen molar-refractivity contribution in [3.8, 4) is 17.1 Å². The van der Waals surface area contributed by atoms with E-state index in [9.17, 15) is 14.9 Å². The van der Waals surface area contributed by atoms with Crippen LogP contribution >= 0.6 is 15.9 Å². The normalized spacial score (nSPS) is 10.4. The highest BCUT2D eigenvalue weighted by atomic mass is 79.9. The van der Waals surface area contributed by atoms with Gasteiger partial charge in [0.05, 0.1) is 18.6 Å². The lowest BCUT2D eigenvalue weighted by Gasteiger charge is -2.06. The molecule has 0 fully saturated rings. The van der Waals surface area contributed by atoms with E-state index in [0.717, 1.165) is 10.0 Å². The zero-order valence-electron chi connectivity index (χ0n) is 14.3. The van der Waals surface area contributed by atoms with E-state index in [1.54, 1.807) is 6.07 Å². The predicted molar refractivity (Wildman–Crippen MR) is 103 cm³/mol. The molecule has 0 atom stereocenters. The topological polar surface area (TPSA) is 94.6 Å². The van der Waals surface area contributed by atoms with E-state index in [4.69, 9.17) is 9.15 Å². The number of benzene rings is 2. The van der Waals surface area contributed by atoms with Crippen LogP contribution in [0.4, 0.5) is 5.69 Å². The van der Waals surface area contributed by atoms with Crippen molar-refractivity contribution in [2.45, 2.75) is 6.54 Å². The summed E-state index contributed by atoms with van der Waals surface area (Å²) < 4.78 is 11.6. The molecule has 0 aliphatic heterocycles. The summed E-state index contributed by atoms with van der Waals surface area (Å²) in [5.41, 5.74) is 0.824. The van der Waals surface area contributed by atoms with E-state index < -0.39 is 10.8 Å². The molecule has 8 heteroatoms. The van der Waals surface area contributed by atoms with E-state index in [0.29, 0.717) is 11.5 Å². The third-order valence-electron chi connectivity index (χ3n) is 3.85. The first kappa shape index (κ1) is 18.7. The second-order valence-electron chi connectivity index (χ2n) is 5.60. The van der Waals surface area contributed by atoms with Crippen LogP contribution in [0.5, 0.6) is 5.75 Å². The highest BCUT2D eigenvalue weighted by Gasteiger charge is 2.18. The van der Waals surface area contributed by atoms with Gasteiger partial charge in [-0.25, -0.2) is 0 Å². The summed E-state index contributed by atoms with van der Waals surface area (Å²) in [6.45, 7) is 0.162. The number of nitro benzene ring substituents is 1. The van der Waals surface area contributed by atoms with E-state index in [2.05, 4.69) is 21.2 Å². The number of ether oxygens (including phenoxy) is 1. The Kier molecular flexibility index (Phi) is 5.56. The van der Waals surface area contributed by atoms with Gasteiger partial charge >= 0.3 is 5.69 Å². The number of carbonyl (C=O) groups is 1. The smallest absolute Gasteiger partial charge is 0.311 e. The van der Waals surface area contributed by atoms with Gasteiger partial charge < -0.3 is 14.5 Å². The molecule has 0 saturated heterocycles. The molecule has 2 aromatic carbocycles. The van der Waals surface area contributed by atoms with Gasteiger partial charge in [-0.3, -0.25) is 14.9 Å². The number of nitrogens with zero attached hydrogens (tertiary/aromatic N) is 1. The number of methoxy groups -OCH3 is 1. The fraction of sp³-hybridized carbons (Fsp3) is 0.105. The maximum atomic E-state index is 12.3. The van der Waals surface area contributed by atoms with Crippen LogP contribution in [-0.4, -0.2) is 17.9 Å². The predicted octanol–water partition coefficient (Wildman–Crippen LogP) is 4.56. The van der Waals surface area contributed by atoms with Gasteiger partial charge in [-0.05, 0) is 36.4 Å². The molecule has 27 heavy (non-hydrogen) atoms. The molecule has 1 amide bonds. The van der Waals surface area contributed by atoms with Gasteiger partial charge in [-0.2, -0.15) is 0 Å². The van der Waals surface area contributed by atoms with Crippen LogP contribution in [0.3, 0.4) is 0 Å². The Morgan fingerprint density at radius 3 is 2.59 bits per heavy atom. The molecule has 0 bridgehead atoms. The Balaban J connectivity index is 1.68. The summed E-state index contributed by atoms with van der Waals surface area (Å²) in [6, 6.07) is 15.3. The van der Waals surface area contributed by atoms with Crippen LogP contribution in [0.1, 0.15) is 16.1 Å². The SMILES string of the molecule is COc1ccc(C(=O)NCc2ccc(-c3ccc(Br)cc3)o2)cc1[N+](=O)[O-]. The summed E-state index contributed by atoms with van der Waals surface area (Å²) in [6.07, 6.45) is 0. The summed E-state index contributed by atoms with van der Waals surface area (Å²) in [4.78, 5) is 22.8. The zero-order valence-corrected chi connectivity index (χ0v) is 15.9. The number of carbonyl (C=O) groups excluding carboxylic acids is 1. The minimum atomic E-state index is -0.591. The molecule has 3 rings (SSSR count). The van der Waals surface area contributed by atoms with Crippen molar-refractivity contribution in [2.24, 2.45) is 0 Å². The van der Waals surface area contributed by atoms with E-state index in [-0.39, 0.29) is 23.5 Å². The largest absolute Gasteiger partial charge is 0.490 e. The van der Waals surface area contributed by atoms with Gasteiger partial charge in [0, 0.05) is 21.7 Å². The third kappa shape index (κ3) is 4.35. The number of furan rings is 1. The molecule has 0 saturated carbocycles. The lowest BCUT2D eigenvalue weighted by atomic mass is 10.1. The molecule has 0 unspecified atom stereocenters. The van der Waals surface area contributed by atoms with Crippen molar-refractivity contribution in [1.29, 1.82) is 0 Å². The number of nitrogens with one attached hydrogen (secondary N) is 1. The molecule has 0 spiro atoms. The Morgan fingerprint density at radius 1 is 1.19 bits per heavy atom. The maximum absolute atomic E-state index is 12.3. The van der Waals surface area contributed by atoms with Crippen LogP contribution in [-0.2, 0) is 6.54 Å². The molecule has 0 aliphatic rings. The summed E-state index contributed by atoms with van der Waals surface area (Å²) in [5.74, 6) is 0.917. The van der Waals surface area contributed by atoms with Crippen LogP contribution in [0.15, 0.2) is 63.5 Å². The minimum Gasteiger partial charge on any atom is -0.490 e. The number of hydrogen-bond donors (Lipinski definition) is 1. The Morgan fingerprint density at radius 2 is 1.93 bits per heavy atom. The highest BCUT2D eigenvalue weighted by Crippen LogP contribution is 2.28. The van der Waals surface area contributed by atoms with Gasteiger partial charge in [-0.1, -0.05) is 28.1 Å². The quantitative estimate of drug-likeness (QED) is 0.456. The summed E-state index contributed by atoms with van der Waals surface area (Å²) >= 11 is 3.38. The monoisotopic (exact) mass is 430 g/mol. The first-order valence-corrected chi connectivity index (χ1v) is 8.72. The molecule has 138 valence electrons. The van der Waals surface area contributed by atoms with Crippen LogP contribution in [0, 0.1) is 10.1 Å². The van der Waals surface area contributed by atoms with E-state index >= 15 is 0 Å². The molecule has 1 heterocycles. The fourth-order valence-electron chi connectivity index (χ4n) is 2.49. The molecule has 3 aromatic rings. The third-order valence-corrected chi connectivity index (χ3v) is 4.38. The van der Waals surface area contributed by atoms with Gasteiger partial charge in [0.25, 0.3) is 5.91 Å². The van der Waals surface area contributed by atoms with Gasteiger partial charge in [-0.15, -0.1) is 0 Å².